The van der Waals surface area contributed by atoms with E-state index in [4.69, 9.17) is 10.5 Å². The minimum Gasteiger partial charge on any atom is -0.444 e. The molecule has 9 nitrogen and oxygen atoms in total. The number of hydrogen-bond donors (Lipinski definition) is 3. The first-order valence-electron chi connectivity index (χ1n) is 11.6. The molecule has 3 aromatic rings. The number of rotatable bonds is 9. The van der Waals surface area contributed by atoms with Crippen LogP contribution in [0.3, 0.4) is 0 Å². The van der Waals surface area contributed by atoms with Gasteiger partial charge in [0.15, 0.2) is 6.10 Å². The van der Waals surface area contributed by atoms with E-state index in [0.717, 1.165) is 6.20 Å². The smallest absolute Gasteiger partial charge is 0.414 e. The normalized spacial score (nSPS) is 14.0. The van der Waals surface area contributed by atoms with Gasteiger partial charge in [0, 0.05) is 11.5 Å². The van der Waals surface area contributed by atoms with Gasteiger partial charge in [-0.1, -0.05) is 74.5 Å². The van der Waals surface area contributed by atoms with Crippen LogP contribution in [0.4, 0.5) is 23.7 Å². The van der Waals surface area contributed by atoms with E-state index in [0.29, 0.717) is 10.1 Å². The molecule has 12 heteroatoms. The number of anilines is 1. The van der Waals surface area contributed by atoms with Gasteiger partial charge >= 0.3 is 12.3 Å². The molecule has 0 saturated carbocycles. The van der Waals surface area contributed by atoms with E-state index in [1.807, 2.05) is 0 Å². The van der Waals surface area contributed by atoms with Crippen molar-refractivity contribution < 1.29 is 32.6 Å². The molecular formula is C26H27F3N4O5. The van der Waals surface area contributed by atoms with Crippen molar-refractivity contribution in [2.24, 2.45) is 17.6 Å². The summed E-state index contributed by atoms with van der Waals surface area (Å²) in [6.45, 7) is 2.60. The van der Waals surface area contributed by atoms with Crippen molar-refractivity contribution >= 4 is 17.7 Å². The number of amides is 2. The number of nitrogens with zero attached hydrogens (tertiary/aromatic N) is 2. The zero-order chi connectivity index (χ0) is 28.0. The molecular weight excluding hydrogens is 505 g/mol. The van der Waals surface area contributed by atoms with E-state index < -0.39 is 53.4 Å². The number of alkyl halides is 3. The average molecular weight is 533 g/mol. The van der Waals surface area contributed by atoms with Crippen molar-refractivity contribution in [3.05, 3.63) is 82.8 Å². The topological polar surface area (TPSA) is 137 Å². The van der Waals surface area contributed by atoms with Crippen molar-refractivity contribution in [3.8, 4) is 11.4 Å². The second-order valence-corrected chi connectivity index (χ2v) is 8.88. The summed E-state index contributed by atoms with van der Waals surface area (Å²) in [4.78, 5) is 42.8. The monoisotopic (exact) mass is 532 g/mol. The quantitative estimate of drug-likeness (QED) is 0.383. The molecule has 0 saturated heterocycles. The first-order chi connectivity index (χ1) is 17.9. The van der Waals surface area contributed by atoms with Crippen LogP contribution in [0.2, 0.25) is 0 Å². The van der Waals surface area contributed by atoms with Crippen molar-refractivity contribution in [2.75, 3.05) is 5.32 Å². The van der Waals surface area contributed by atoms with Gasteiger partial charge in [0.25, 0.3) is 5.56 Å². The van der Waals surface area contributed by atoms with Crippen LogP contribution < -0.4 is 16.6 Å². The lowest BCUT2D eigenvalue weighted by Gasteiger charge is -2.35. The summed E-state index contributed by atoms with van der Waals surface area (Å²) in [7, 11) is 0. The molecule has 3 rings (SSSR count). The Morgan fingerprint density at radius 2 is 1.66 bits per heavy atom. The lowest BCUT2D eigenvalue weighted by molar-refractivity contribution is -0.228. The summed E-state index contributed by atoms with van der Waals surface area (Å²) in [5.74, 6) is -4.28. The number of nitrogens with one attached hydrogen (secondary N) is 1. The third-order valence-corrected chi connectivity index (χ3v) is 5.88. The Morgan fingerprint density at radius 3 is 2.18 bits per heavy atom. The molecule has 0 spiro atoms. The third kappa shape index (κ3) is 6.57. The summed E-state index contributed by atoms with van der Waals surface area (Å²) in [5, 5.41) is 12.4. The van der Waals surface area contributed by atoms with Crippen molar-refractivity contribution in [3.63, 3.8) is 0 Å². The van der Waals surface area contributed by atoms with Gasteiger partial charge in [0.1, 0.15) is 24.2 Å². The highest BCUT2D eigenvalue weighted by Crippen LogP contribution is 2.37. The summed E-state index contributed by atoms with van der Waals surface area (Å²) < 4.78 is 46.7. The van der Waals surface area contributed by atoms with Crippen LogP contribution in [0.1, 0.15) is 25.5 Å². The minimum absolute atomic E-state index is 0.118. The highest BCUT2D eigenvalue weighted by molar-refractivity contribution is 5.85. The van der Waals surface area contributed by atoms with Crippen molar-refractivity contribution in [1.29, 1.82) is 0 Å². The minimum atomic E-state index is -5.11. The lowest BCUT2D eigenvalue weighted by Crippen LogP contribution is -2.49. The number of halogens is 3. The van der Waals surface area contributed by atoms with Gasteiger partial charge < -0.3 is 15.6 Å². The summed E-state index contributed by atoms with van der Waals surface area (Å²) in [6.07, 6.45) is -8.11. The highest BCUT2D eigenvalue weighted by Gasteiger charge is 2.50. The molecule has 0 radical (unpaired) electrons. The Morgan fingerprint density at radius 1 is 1.08 bits per heavy atom. The molecule has 2 aromatic carbocycles. The van der Waals surface area contributed by atoms with E-state index in [2.05, 4.69) is 10.3 Å². The number of aromatic nitrogens is 2. The lowest BCUT2D eigenvalue weighted by atomic mass is 9.82. The average Bonchev–Trinajstić information content (AvgIpc) is 2.87. The molecule has 1 aromatic heterocycles. The summed E-state index contributed by atoms with van der Waals surface area (Å²) in [5.41, 5.74) is 5.00. The number of nitrogens with two attached hydrogens (primary N) is 1. The summed E-state index contributed by atoms with van der Waals surface area (Å²) in [6, 6.07) is 14.6. The fraction of sp³-hybridized carbons (Fsp3) is 0.308. The number of aliphatic hydroxyl groups is 1. The van der Waals surface area contributed by atoms with Crippen LogP contribution >= 0.6 is 0 Å². The molecule has 0 aliphatic rings. The van der Waals surface area contributed by atoms with Gasteiger partial charge in [-0.15, -0.1) is 0 Å². The van der Waals surface area contributed by atoms with Gasteiger partial charge in [-0.05, 0) is 11.5 Å². The Balaban J connectivity index is 2.11. The van der Waals surface area contributed by atoms with Gasteiger partial charge in [0.2, 0.25) is 5.91 Å². The molecule has 0 bridgehead atoms. The standard InChI is InChI=1S/C26H27F3N4O5/c1-15(2)19(21(34)26(27,28)29)20(22(30)35)33-23(17-11-7-4-8-12-17)31-13-18(24(33)36)32-25(37)38-14-16-9-5-3-6-10-16/h3-13,15,19-21,34H,14H2,1-2H3,(H2,30,35)(H,32,37). The van der Waals surface area contributed by atoms with E-state index >= 15 is 0 Å². The van der Waals surface area contributed by atoms with E-state index in [1.54, 1.807) is 48.5 Å². The second kappa shape index (κ2) is 11.9. The maximum atomic E-state index is 13.6. The van der Waals surface area contributed by atoms with Crippen LogP contribution in [-0.4, -0.2) is 38.9 Å². The number of ether oxygens (including phenoxy) is 1. The van der Waals surface area contributed by atoms with Gasteiger partial charge in [-0.3, -0.25) is 19.5 Å². The number of primary amides is 1. The molecule has 3 unspecified atom stereocenters. The summed E-state index contributed by atoms with van der Waals surface area (Å²) >= 11 is 0. The maximum Gasteiger partial charge on any atom is 0.414 e. The van der Waals surface area contributed by atoms with Crippen LogP contribution in [-0.2, 0) is 16.1 Å². The predicted molar refractivity (Wildman–Crippen MR) is 133 cm³/mol. The van der Waals surface area contributed by atoms with E-state index in [9.17, 15) is 32.7 Å². The second-order valence-electron chi connectivity index (χ2n) is 8.88. The van der Waals surface area contributed by atoms with Crippen molar-refractivity contribution in [2.45, 2.75) is 38.8 Å². The first kappa shape index (κ1) is 28.4. The number of benzene rings is 2. The van der Waals surface area contributed by atoms with Gasteiger partial charge in [-0.25, -0.2) is 9.78 Å². The Labute approximate surface area is 216 Å². The van der Waals surface area contributed by atoms with Crippen LogP contribution in [0.5, 0.6) is 0 Å². The maximum absolute atomic E-state index is 13.6. The Hall–Kier alpha value is -4.19. The SMILES string of the molecule is CC(C)C(C(C(N)=O)n1c(-c2ccccc2)ncc(NC(=O)OCc2ccccc2)c1=O)C(O)C(F)(F)F. The third-order valence-electron chi connectivity index (χ3n) is 5.88. The molecule has 38 heavy (non-hydrogen) atoms. The highest BCUT2D eigenvalue weighted by atomic mass is 19.4. The van der Waals surface area contributed by atoms with Gasteiger partial charge in [0.05, 0.1) is 6.20 Å². The van der Waals surface area contributed by atoms with Crippen LogP contribution in [0.15, 0.2) is 71.7 Å². The molecule has 2 amide bonds. The molecule has 1 heterocycles. The number of carbonyl (C=O) groups is 2. The molecule has 3 atom stereocenters. The zero-order valence-electron chi connectivity index (χ0n) is 20.6. The van der Waals surface area contributed by atoms with Crippen LogP contribution in [0.25, 0.3) is 11.4 Å². The number of carbonyl (C=O) groups excluding carboxylic acids is 2. The largest absolute Gasteiger partial charge is 0.444 e. The first-order valence-corrected chi connectivity index (χ1v) is 11.6. The Bertz CT molecular complexity index is 1310. The number of hydrogen-bond acceptors (Lipinski definition) is 6. The molecule has 0 aliphatic heterocycles. The molecule has 0 aliphatic carbocycles. The molecule has 4 N–H and O–H groups in total. The van der Waals surface area contributed by atoms with Gasteiger partial charge in [-0.2, -0.15) is 13.2 Å². The number of aliphatic hydroxyl groups excluding tert-OH is 1. The Kier molecular flexibility index (Phi) is 8.89. The van der Waals surface area contributed by atoms with E-state index in [-0.39, 0.29) is 18.0 Å². The van der Waals surface area contributed by atoms with E-state index in [1.165, 1.54) is 26.0 Å². The van der Waals surface area contributed by atoms with Crippen LogP contribution in [0, 0.1) is 11.8 Å². The zero-order valence-corrected chi connectivity index (χ0v) is 20.6. The van der Waals surface area contributed by atoms with Crippen molar-refractivity contribution in [1.82, 2.24) is 9.55 Å². The fourth-order valence-corrected chi connectivity index (χ4v) is 4.09. The fourth-order valence-electron chi connectivity index (χ4n) is 4.09. The molecule has 202 valence electrons. The predicted octanol–water partition coefficient (Wildman–Crippen LogP) is 3.88. The molecule has 0 fully saturated rings.